The third-order valence-corrected chi connectivity index (χ3v) is 8.21. The Kier molecular flexibility index (Phi) is 7.96. The summed E-state index contributed by atoms with van der Waals surface area (Å²) in [5.41, 5.74) is 0.359. The molecule has 1 aromatic rings. The monoisotopic (exact) mass is 441 g/mol. The second-order valence-electron chi connectivity index (χ2n) is 8.04. The van der Waals surface area contributed by atoms with Crippen LogP contribution in [0.15, 0.2) is 23.1 Å². The largest absolute Gasteiger partial charge is 0.324 e. The first-order valence-corrected chi connectivity index (χ1v) is 12.6. The normalized spacial score (nSPS) is 22.2. The fraction of sp³-hybridized carbons (Fsp3) is 0.667. The van der Waals surface area contributed by atoms with Gasteiger partial charge in [-0.25, -0.2) is 8.42 Å². The van der Waals surface area contributed by atoms with E-state index >= 15 is 0 Å². The number of piperidine rings is 1. The predicted octanol–water partition coefficient (Wildman–Crippen LogP) is 4.11. The van der Waals surface area contributed by atoms with Crippen LogP contribution in [0, 0.1) is 0 Å². The molecule has 1 N–H and O–H groups in total. The average Bonchev–Trinajstić information content (AvgIpc) is 3.00. The van der Waals surface area contributed by atoms with Gasteiger partial charge in [-0.15, -0.1) is 0 Å². The van der Waals surface area contributed by atoms with Gasteiger partial charge in [0.1, 0.15) is 0 Å². The van der Waals surface area contributed by atoms with Crippen LogP contribution in [-0.4, -0.2) is 55.8 Å². The lowest BCUT2D eigenvalue weighted by atomic mass is 10.00. The van der Waals surface area contributed by atoms with Crippen LogP contribution in [0.3, 0.4) is 0 Å². The molecular weight excluding hydrogens is 410 g/mol. The van der Waals surface area contributed by atoms with Crippen molar-refractivity contribution in [2.45, 2.75) is 69.2 Å². The van der Waals surface area contributed by atoms with Crippen LogP contribution in [0.4, 0.5) is 5.69 Å². The van der Waals surface area contributed by atoms with Crippen molar-refractivity contribution in [1.82, 2.24) is 9.21 Å². The number of hydrogen-bond acceptors (Lipinski definition) is 4. The van der Waals surface area contributed by atoms with Gasteiger partial charge in [-0.3, -0.25) is 9.69 Å². The highest BCUT2D eigenvalue weighted by atomic mass is 35.5. The number of likely N-dealkylation sites (tertiary alicyclic amines) is 1. The van der Waals surface area contributed by atoms with E-state index in [2.05, 4.69) is 17.1 Å². The molecular formula is C21H32ClN3O3S. The van der Waals surface area contributed by atoms with E-state index in [4.69, 9.17) is 11.6 Å². The number of sulfonamides is 1. The lowest BCUT2D eigenvalue weighted by molar-refractivity contribution is -0.118. The Bertz CT molecular complexity index is 807. The number of halogens is 1. The Hall–Kier alpha value is -1.15. The van der Waals surface area contributed by atoms with E-state index in [1.54, 1.807) is 10.4 Å². The van der Waals surface area contributed by atoms with E-state index < -0.39 is 10.0 Å². The summed E-state index contributed by atoms with van der Waals surface area (Å²) in [7, 11) is -3.59. The lowest BCUT2D eigenvalue weighted by Crippen LogP contribution is -2.43. The van der Waals surface area contributed by atoms with Gasteiger partial charge >= 0.3 is 0 Å². The van der Waals surface area contributed by atoms with E-state index in [1.807, 2.05) is 0 Å². The number of hydrogen-bond donors (Lipinski definition) is 1. The molecule has 2 fully saturated rings. The number of amides is 1. The molecule has 0 spiro atoms. The summed E-state index contributed by atoms with van der Waals surface area (Å²) in [4.78, 5) is 15.0. The molecule has 2 saturated heterocycles. The van der Waals surface area contributed by atoms with E-state index in [0.29, 0.717) is 36.4 Å². The van der Waals surface area contributed by atoms with Crippen molar-refractivity contribution < 1.29 is 13.2 Å². The Morgan fingerprint density at radius 1 is 1.10 bits per heavy atom. The van der Waals surface area contributed by atoms with E-state index in [1.165, 1.54) is 18.6 Å². The molecule has 1 atom stereocenters. The Morgan fingerprint density at radius 2 is 1.79 bits per heavy atom. The van der Waals surface area contributed by atoms with Gasteiger partial charge in [-0.05, 0) is 56.8 Å². The van der Waals surface area contributed by atoms with Crippen molar-refractivity contribution in [3.05, 3.63) is 23.2 Å². The summed E-state index contributed by atoms with van der Waals surface area (Å²) in [6.07, 6.45) is 8.33. The summed E-state index contributed by atoms with van der Waals surface area (Å²) in [5.74, 6) is -0.156. The molecule has 2 aliphatic heterocycles. The molecule has 0 aromatic heterocycles. The zero-order chi connectivity index (χ0) is 20.9. The van der Waals surface area contributed by atoms with Crippen molar-refractivity contribution >= 4 is 33.2 Å². The number of nitrogens with zero attached hydrogens (tertiary/aromatic N) is 2. The molecule has 0 radical (unpaired) electrons. The maximum absolute atomic E-state index is 13.0. The highest BCUT2D eigenvalue weighted by Crippen LogP contribution is 2.28. The quantitative estimate of drug-likeness (QED) is 0.721. The number of rotatable bonds is 6. The molecule has 1 aromatic carbocycles. The summed E-state index contributed by atoms with van der Waals surface area (Å²) < 4.78 is 27.6. The highest BCUT2D eigenvalue weighted by Gasteiger charge is 2.27. The molecule has 1 unspecified atom stereocenters. The van der Waals surface area contributed by atoms with Gasteiger partial charge in [-0.1, -0.05) is 37.8 Å². The number of benzene rings is 1. The van der Waals surface area contributed by atoms with Crippen LogP contribution < -0.4 is 5.32 Å². The van der Waals surface area contributed by atoms with Crippen LogP contribution in [0.2, 0.25) is 5.02 Å². The van der Waals surface area contributed by atoms with E-state index in [-0.39, 0.29) is 10.8 Å². The third kappa shape index (κ3) is 5.72. The smallest absolute Gasteiger partial charge is 0.243 e. The second kappa shape index (κ2) is 10.2. The Labute approximate surface area is 179 Å². The predicted molar refractivity (Wildman–Crippen MR) is 117 cm³/mol. The minimum atomic E-state index is -3.59. The molecule has 0 bridgehead atoms. The Balaban J connectivity index is 1.72. The fourth-order valence-electron chi connectivity index (χ4n) is 4.30. The molecule has 6 nitrogen and oxygen atoms in total. The number of nitrogens with one attached hydrogen (secondary N) is 1. The molecule has 0 saturated carbocycles. The molecule has 0 aliphatic carbocycles. The summed E-state index contributed by atoms with van der Waals surface area (Å²) >= 11 is 6.26. The zero-order valence-corrected chi connectivity index (χ0v) is 18.8. The first-order valence-electron chi connectivity index (χ1n) is 10.8. The molecule has 2 heterocycles. The summed E-state index contributed by atoms with van der Waals surface area (Å²) in [5, 5.41) is 3.18. The first-order chi connectivity index (χ1) is 13.9. The number of carbonyl (C=O) groups is 1. The van der Waals surface area contributed by atoms with Gasteiger partial charge in [0.2, 0.25) is 15.9 Å². The minimum Gasteiger partial charge on any atom is -0.324 e. The standard InChI is InChI=1S/C21H32ClN3O3S/c1-2-17-9-5-8-12-24(17)16-21(26)23-20-15-18(10-11-19(20)22)29(27,28)25-13-6-3-4-7-14-25/h10-11,15,17H,2-9,12-14,16H2,1H3,(H,23,26). The van der Waals surface area contributed by atoms with Gasteiger partial charge in [0.25, 0.3) is 0 Å². The molecule has 29 heavy (non-hydrogen) atoms. The van der Waals surface area contributed by atoms with E-state index in [9.17, 15) is 13.2 Å². The first kappa shape index (κ1) is 22.5. The topological polar surface area (TPSA) is 69.7 Å². The molecule has 162 valence electrons. The zero-order valence-electron chi connectivity index (χ0n) is 17.2. The molecule has 2 aliphatic rings. The number of anilines is 1. The van der Waals surface area contributed by atoms with Crippen molar-refractivity contribution in [2.24, 2.45) is 0 Å². The van der Waals surface area contributed by atoms with Gasteiger partial charge < -0.3 is 5.32 Å². The van der Waals surface area contributed by atoms with Crippen LogP contribution in [-0.2, 0) is 14.8 Å². The summed E-state index contributed by atoms with van der Waals surface area (Å²) in [6.45, 7) is 4.45. The highest BCUT2D eigenvalue weighted by molar-refractivity contribution is 7.89. The maximum atomic E-state index is 13.0. The summed E-state index contributed by atoms with van der Waals surface area (Å²) in [6, 6.07) is 5.00. The van der Waals surface area contributed by atoms with Crippen molar-refractivity contribution in [3.63, 3.8) is 0 Å². The SMILES string of the molecule is CCC1CCCCN1CC(=O)Nc1cc(S(=O)(=O)N2CCCCCC2)ccc1Cl. The van der Waals surface area contributed by atoms with Gasteiger partial charge in [0.15, 0.2) is 0 Å². The number of carbonyl (C=O) groups excluding carboxylic acids is 1. The molecule has 8 heteroatoms. The molecule has 3 rings (SSSR count). The van der Waals surface area contributed by atoms with Gasteiger partial charge in [-0.2, -0.15) is 4.31 Å². The Morgan fingerprint density at radius 3 is 2.48 bits per heavy atom. The fourth-order valence-corrected chi connectivity index (χ4v) is 6.01. The van der Waals surface area contributed by atoms with E-state index in [0.717, 1.165) is 51.5 Å². The van der Waals surface area contributed by atoms with Crippen LogP contribution in [0.5, 0.6) is 0 Å². The van der Waals surface area contributed by atoms with Crippen molar-refractivity contribution in [1.29, 1.82) is 0 Å². The van der Waals surface area contributed by atoms with Gasteiger partial charge in [0, 0.05) is 19.1 Å². The minimum absolute atomic E-state index is 0.156. The van der Waals surface area contributed by atoms with Crippen molar-refractivity contribution in [2.75, 3.05) is 31.5 Å². The lowest BCUT2D eigenvalue weighted by Gasteiger charge is -2.34. The molecule has 1 amide bonds. The third-order valence-electron chi connectivity index (χ3n) is 5.98. The van der Waals surface area contributed by atoms with Crippen molar-refractivity contribution in [3.8, 4) is 0 Å². The van der Waals surface area contributed by atoms with Crippen LogP contribution in [0.25, 0.3) is 0 Å². The van der Waals surface area contributed by atoms with Gasteiger partial charge in [0.05, 0.1) is 22.2 Å². The average molecular weight is 442 g/mol. The maximum Gasteiger partial charge on any atom is 0.243 e. The second-order valence-corrected chi connectivity index (χ2v) is 10.4. The van der Waals surface area contributed by atoms with Crippen LogP contribution >= 0.6 is 11.6 Å². The van der Waals surface area contributed by atoms with Crippen LogP contribution in [0.1, 0.15) is 58.3 Å².